The van der Waals surface area contributed by atoms with Crippen molar-refractivity contribution in [3.05, 3.63) is 66.0 Å². The van der Waals surface area contributed by atoms with Crippen molar-refractivity contribution in [2.75, 3.05) is 5.75 Å². The topological polar surface area (TPSA) is 67.3 Å². The fourth-order valence-corrected chi connectivity index (χ4v) is 8.72. The maximum absolute atomic E-state index is 13.9. The molecule has 0 radical (unpaired) electrons. The summed E-state index contributed by atoms with van der Waals surface area (Å²) in [5, 5.41) is 0. The molecule has 2 bridgehead atoms. The minimum Gasteiger partial charge on any atom is -0.268 e. The highest BCUT2D eigenvalue weighted by Gasteiger charge is 2.72. The van der Waals surface area contributed by atoms with E-state index in [1.165, 1.54) is 4.31 Å². The Bertz CT molecular complexity index is 1130. The lowest BCUT2D eigenvalue weighted by atomic mass is 9.69. The van der Waals surface area contributed by atoms with Crippen LogP contribution >= 0.6 is 0 Å². The molecule has 3 aliphatic rings. The Morgan fingerprint density at radius 1 is 1.13 bits per heavy atom. The van der Waals surface area contributed by atoms with Gasteiger partial charge in [-0.25, -0.2) is 12.7 Å². The van der Waals surface area contributed by atoms with E-state index in [1.807, 2.05) is 30.3 Å². The Kier molecular flexibility index (Phi) is 4.23. The molecule has 30 heavy (non-hydrogen) atoms. The zero-order valence-electron chi connectivity index (χ0n) is 17.3. The summed E-state index contributed by atoms with van der Waals surface area (Å²) in [5.74, 6) is 0.126. The van der Waals surface area contributed by atoms with E-state index in [0.29, 0.717) is 17.1 Å². The van der Waals surface area contributed by atoms with Crippen LogP contribution in [0.3, 0.4) is 0 Å². The van der Waals surface area contributed by atoms with Crippen LogP contribution in [0, 0.1) is 16.7 Å². The van der Waals surface area contributed by atoms with E-state index in [4.69, 9.17) is 0 Å². The van der Waals surface area contributed by atoms with Crippen LogP contribution in [0.5, 0.6) is 0 Å². The fourth-order valence-electron chi connectivity index (χ4n) is 6.19. The molecule has 3 atom stereocenters. The monoisotopic (exact) mass is 422 g/mol. The first-order chi connectivity index (χ1) is 14.3. The molecule has 1 aliphatic heterocycles. The van der Waals surface area contributed by atoms with Gasteiger partial charge < -0.3 is 0 Å². The van der Waals surface area contributed by atoms with Gasteiger partial charge in [0.25, 0.3) is 5.91 Å². The van der Waals surface area contributed by atoms with E-state index in [-0.39, 0.29) is 22.6 Å². The Labute approximate surface area is 177 Å². The molecule has 0 N–H and O–H groups in total. The standard InChI is InChI=1S/C24H26N2O3S/c1-23(2)19-8-11-24(23)16-30(28,29)26(21(24)15-19)22(27)20(18-9-12-25-13-10-18)14-17-6-4-3-5-7-17/h3-7,9-10,12-14,19,21H,8,11,15-16H2,1-2H3/b20-14-/t19?,21?,24-/m0/s1. The van der Waals surface area contributed by atoms with Crippen molar-refractivity contribution in [1.29, 1.82) is 0 Å². The second-order valence-corrected chi connectivity index (χ2v) is 11.3. The number of nitrogens with zero attached hydrogens (tertiary/aromatic N) is 2. The number of carbonyl (C=O) groups is 1. The number of aromatic nitrogens is 1. The summed E-state index contributed by atoms with van der Waals surface area (Å²) >= 11 is 0. The third kappa shape index (κ3) is 2.62. The van der Waals surface area contributed by atoms with Gasteiger partial charge in [-0.15, -0.1) is 0 Å². The predicted molar refractivity (Wildman–Crippen MR) is 117 cm³/mol. The second-order valence-electron chi connectivity index (χ2n) is 9.43. The third-order valence-corrected chi connectivity index (χ3v) is 9.84. The van der Waals surface area contributed by atoms with E-state index < -0.39 is 15.9 Å². The molecule has 2 aromatic rings. The molecular weight excluding hydrogens is 396 g/mol. The molecule has 2 saturated carbocycles. The molecule has 3 fully saturated rings. The number of rotatable bonds is 3. The number of sulfonamides is 1. The Morgan fingerprint density at radius 2 is 1.83 bits per heavy atom. The van der Waals surface area contributed by atoms with Crippen molar-refractivity contribution in [3.63, 3.8) is 0 Å². The van der Waals surface area contributed by atoms with Crippen molar-refractivity contribution in [2.45, 2.75) is 39.2 Å². The molecule has 2 unspecified atom stereocenters. The highest BCUT2D eigenvalue weighted by molar-refractivity contribution is 7.90. The molecule has 1 saturated heterocycles. The Morgan fingerprint density at radius 3 is 2.50 bits per heavy atom. The number of hydrogen-bond acceptors (Lipinski definition) is 4. The maximum Gasteiger partial charge on any atom is 0.268 e. The van der Waals surface area contributed by atoms with Crippen molar-refractivity contribution in [1.82, 2.24) is 9.29 Å². The summed E-state index contributed by atoms with van der Waals surface area (Å²) in [5.41, 5.74) is 1.53. The molecule has 5 rings (SSSR count). The highest BCUT2D eigenvalue weighted by atomic mass is 32.2. The van der Waals surface area contributed by atoms with Crippen molar-refractivity contribution in [2.24, 2.45) is 16.7 Å². The van der Waals surface area contributed by atoms with E-state index in [0.717, 1.165) is 24.8 Å². The largest absolute Gasteiger partial charge is 0.268 e. The summed E-state index contributed by atoms with van der Waals surface area (Å²) in [7, 11) is -3.68. The molecule has 5 nitrogen and oxygen atoms in total. The lowest BCUT2D eigenvalue weighted by Crippen LogP contribution is -2.44. The van der Waals surface area contributed by atoms with Gasteiger partial charge in [-0.05, 0) is 59.9 Å². The lowest BCUT2D eigenvalue weighted by molar-refractivity contribution is -0.123. The molecule has 1 spiro atoms. The van der Waals surface area contributed by atoms with Crippen molar-refractivity contribution >= 4 is 27.6 Å². The summed E-state index contributed by atoms with van der Waals surface area (Å²) in [6.45, 7) is 4.38. The van der Waals surface area contributed by atoms with Gasteiger partial charge in [0, 0.05) is 23.4 Å². The highest BCUT2D eigenvalue weighted by Crippen LogP contribution is 2.70. The normalized spacial score (nSPS) is 31.0. The third-order valence-electron chi connectivity index (χ3n) is 7.94. The van der Waals surface area contributed by atoms with Gasteiger partial charge in [0.05, 0.1) is 11.8 Å². The van der Waals surface area contributed by atoms with Gasteiger partial charge in [-0.3, -0.25) is 9.78 Å². The molecule has 6 heteroatoms. The minimum atomic E-state index is -3.68. The predicted octanol–water partition coefficient (Wildman–Crippen LogP) is 3.99. The summed E-state index contributed by atoms with van der Waals surface area (Å²) < 4.78 is 27.9. The maximum atomic E-state index is 13.9. The van der Waals surface area contributed by atoms with Gasteiger partial charge in [-0.1, -0.05) is 44.2 Å². The van der Waals surface area contributed by atoms with E-state index in [2.05, 4.69) is 18.8 Å². The van der Waals surface area contributed by atoms with Crippen LogP contribution in [0.1, 0.15) is 44.2 Å². The number of benzene rings is 1. The average Bonchev–Trinajstić information content (AvgIpc) is 3.21. The number of hydrogen-bond donors (Lipinski definition) is 0. The Hall–Kier alpha value is -2.47. The fraction of sp³-hybridized carbons (Fsp3) is 0.417. The smallest absolute Gasteiger partial charge is 0.268 e. The van der Waals surface area contributed by atoms with Crippen LogP contribution in [0.15, 0.2) is 54.9 Å². The second kappa shape index (κ2) is 6.51. The van der Waals surface area contributed by atoms with Gasteiger partial charge in [-0.2, -0.15) is 0 Å². The zero-order valence-corrected chi connectivity index (χ0v) is 18.1. The first-order valence-corrected chi connectivity index (χ1v) is 12.1. The molecule has 2 aliphatic carbocycles. The molecule has 1 aromatic carbocycles. The Balaban J connectivity index is 1.62. The number of fused-ring (bicyclic) bond motifs is 1. The van der Waals surface area contributed by atoms with Crippen molar-refractivity contribution in [3.8, 4) is 0 Å². The van der Waals surface area contributed by atoms with Gasteiger partial charge in [0.2, 0.25) is 10.0 Å². The first kappa shape index (κ1) is 19.5. The molecular formula is C24H26N2O3S. The number of pyridine rings is 1. The average molecular weight is 423 g/mol. The van der Waals surface area contributed by atoms with E-state index in [9.17, 15) is 13.2 Å². The van der Waals surface area contributed by atoms with Gasteiger partial charge >= 0.3 is 0 Å². The zero-order chi connectivity index (χ0) is 21.1. The molecule has 2 heterocycles. The SMILES string of the molecule is CC1(C)C2CC[C@@]13CS(=O)(=O)N(C(=O)/C(=C\c1ccccc1)c1ccncc1)C3C2. The lowest BCUT2D eigenvalue weighted by Gasteiger charge is -2.37. The minimum absolute atomic E-state index is 0.0697. The van der Waals surface area contributed by atoms with Crippen LogP contribution in [0.4, 0.5) is 0 Å². The van der Waals surface area contributed by atoms with Crippen LogP contribution in [-0.4, -0.2) is 35.4 Å². The first-order valence-electron chi connectivity index (χ1n) is 10.5. The number of amides is 1. The quantitative estimate of drug-likeness (QED) is 0.702. The van der Waals surface area contributed by atoms with Gasteiger partial charge in [0.15, 0.2) is 0 Å². The molecule has 1 aromatic heterocycles. The van der Waals surface area contributed by atoms with Crippen LogP contribution in [0.25, 0.3) is 11.6 Å². The number of carbonyl (C=O) groups excluding carboxylic acids is 1. The summed E-state index contributed by atoms with van der Waals surface area (Å²) in [6, 6.07) is 12.8. The van der Waals surface area contributed by atoms with E-state index >= 15 is 0 Å². The molecule has 1 amide bonds. The molecule has 156 valence electrons. The van der Waals surface area contributed by atoms with Gasteiger partial charge in [0.1, 0.15) is 0 Å². The van der Waals surface area contributed by atoms with Crippen molar-refractivity contribution < 1.29 is 13.2 Å². The van der Waals surface area contributed by atoms with E-state index in [1.54, 1.807) is 30.6 Å². The summed E-state index contributed by atoms with van der Waals surface area (Å²) in [6.07, 6.45) is 7.75. The summed E-state index contributed by atoms with van der Waals surface area (Å²) in [4.78, 5) is 17.9. The van der Waals surface area contributed by atoms with Crippen LogP contribution in [-0.2, 0) is 14.8 Å². The van der Waals surface area contributed by atoms with Crippen LogP contribution < -0.4 is 0 Å². The van der Waals surface area contributed by atoms with Crippen LogP contribution in [0.2, 0.25) is 0 Å².